The molecule has 1 aromatic carbocycles. The van der Waals surface area contributed by atoms with E-state index in [0.717, 1.165) is 0 Å². The van der Waals surface area contributed by atoms with Gasteiger partial charge in [-0.15, -0.1) is 6.58 Å². The number of hydrogen-bond acceptors (Lipinski definition) is 0. The van der Waals surface area contributed by atoms with E-state index in [2.05, 4.69) is 36.9 Å². The first kappa shape index (κ1) is 8.28. The minimum atomic E-state index is 0.0950. The largest absolute Gasteiger partial charge is 0.103 e. The molecule has 0 N–H and O–H groups in total. The SMILES string of the molecule is C=CC[SiH2]Cc1ccccc1. The quantitative estimate of drug-likeness (QED) is 0.361. The zero-order valence-electron chi connectivity index (χ0n) is 6.79. The molecule has 0 bridgehead atoms. The van der Waals surface area contributed by atoms with E-state index in [4.69, 9.17) is 0 Å². The summed E-state index contributed by atoms with van der Waals surface area (Å²) in [7, 11) is 0.0950. The average molecular weight is 162 g/mol. The maximum atomic E-state index is 3.73. The summed E-state index contributed by atoms with van der Waals surface area (Å²) in [6.07, 6.45) is 2.04. The fourth-order valence-electron chi connectivity index (χ4n) is 1.10. The molecule has 0 aliphatic heterocycles. The van der Waals surface area contributed by atoms with Crippen molar-refractivity contribution >= 4 is 9.52 Å². The number of rotatable bonds is 4. The predicted molar refractivity (Wildman–Crippen MR) is 53.7 cm³/mol. The van der Waals surface area contributed by atoms with Crippen molar-refractivity contribution in [1.29, 1.82) is 0 Å². The third-order valence-corrected chi connectivity index (χ3v) is 3.46. The van der Waals surface area contributed by atoms with Gasteiger partial charge in [0.05, 0.1) is 0 Å². The van der Waals surface area contributed by atoms with Crippen molar-refractivity contribution < 1.29 is 0 Å². The van der Waals surface area contributed by atoms with Gasteiger partial charge in [-0.05, 0) is 12.1 Å². The third kappa shape index (κ3) is 3.19. The molecule has 1 heteroatoms. The number of hydrogen-bond donors (Lipinski definition) is 0. The van der Waals surface area contributed by atoms with Gasteiger partial charge in [-0.1, -0.05) is 42.0 Å². The molecule has 0 aliphatic carbocycles. The predicted octanol–water partition coefficient (Wildman–Crippen LogP) is 1.96. The van der Waals surface area contributed by atoms with Gasteiger partial charge in [0, 0.05) is 9.52 Å². The normalized spacial score (nSPS) is 10.5. The van der Waals surface area contributed by atoms with Crippen molar-refractivity contribution in [3.8, 4) is 0 Å². The minimum Gasteiger partial charge on any atom is -0.103 e. The number of benzene rings is 1. The average Bonchev–Trinajstić information content (AvgIpc) is 2.07. The highest BCUT2D eigenvalue weighted by molar-refractivity contribution is 6.35. The van der Waals surface area contributed by atoms with E-state index in [9.17, 15) is 0 Å². The van der Waals surface area contributed by atoms with E-state index in [1.54, 1.807) is 0 Å². The molecule has 0 nitrogen and oxygen atoms in total. The summed E-state index contributed by atoms with van der Waals surface area (Å²) >= 11 is 0. The summed E-state index contributed by atoms with van der Waals surface area (Å²) in [5.74, 6) is 0. The summed E-state index contributed by atoms with van der Waals surface area (Å²) in [4.78, 5) is 0. The molecule has 0 radical (unpaired) electrons. The highest BCUT2D eigenvalue weighted by Gasteiger charge is 1.89. The highest BCUT2D eigenvalue weighted by Crippen LogP contribution is 1.99. The van der Waals surface area contributed by atoms with E-state index in [0.29, 0.717) is 0 Å². The molecule has 0 unspecified atom stereocenters. The summed E-state index contributed by atoms with van der Waals surface area (Å²) in [6, 6.07) is 13.3. The van der Waals surface area contributed by atoms with Crippen LogP contribution in [0.4, 0.5) is 0 Å². The molecule has 0 spiro atoms. The van der Waals surface area contributed by atoms with Crippen LogP contribution in [0, 0.1) is 0 Å². The van der Waals surface area contributed by atoms with Crippen molar-refractivity contribution in [2.45, 2.75) is 12.1 Å². The van der Waals surface area contributed by atoms with Crippen LogP contribution in [0.2, 0.25) is 6.04 Å². The molecule has 11 heavy (non-hydrogen) atoms. The molecule has 0 fully saturated rings. The molecule has 1 rings (SSSR count). The lowest BCUT2D eigenvalue weighted by Gasteiger charge is -1.96. The van der Waals surface area contributed by atoms with Crippen molar-refractivity contribution in [1.82, 2.24) is 0 Å². The van der Waals surface area contributed by atoms with Crippen LogP contribution >= 0.6 is 0 Å². The van der Waals surface area contributed by atoms with Crippen molar-refractivity contribution in [3.63, 3.8) is 0 Å². The second-order valence-corrected chi connectivity index (χ2v) is 4.45. The van der Waals surface area contributed by atoms with Crippen LogP contribution in [0.15, 0.2) is 43.0 Å². The Bertz CT molecular complexity index is 203. The lowest BCUT2D eigenvalue weighted by molar-refractivity contribution is 1.37. The minimum absolute atomic E-state index is 0.0950. The lowest BCUT2D eigenvalue weighted by Crippen LogP contribution is -1.93. The van der Waals surface area contributed by atoms with Crippen LogP contribution in [-0.4, -0.2) is 9.52 Å². The molecule has 1 aromatic rings. The molecule has 0 saturated carbocycles. The Hall–Kier alpha value is -0.823. The summed E-state index contributed by atoms with van der Waals surface area (Å²) in [5, 5.41) is 0. The van der Waals surface area contributed by atoms with Gasteiger partial charge in [-0.25, -0.2) is 0 Å². The second kappa shape index (κ2) is 4.91. The lowest BCUT2D eigenvalue weighted by atomic mass is 10.2. The molecule has 0 amide bonds. The van der Waals surface area contributed by atoms with Crippen molar-refractivity contribution in [3.05, 3.63) is 48.6 Å². The van der Waals surface area contributed by atoms with E-state index < -0.39 is 0 Å². The van der Waals surface area contributed by atoms with Crippen LogP contribution < -0.4 is 0 Å². The van der Waals surface area contributed by atoms with Crippen LogP contribution in [0.1, 0.15) is 5.56 Å². The molecule has 0 heterocycles. The topological polar surface area (TPSA) is 0 Å². The van der Waals surface area contributed by atoms with Crippen LogP contribution in [0.3, 0.4) is 0 Å². The van der Waals surface area contributed by atoms with Gasteiger partial charge >= 0.3 is 0 Å². The summed E-state index contributed by atoms with van der Waals surface area (Å²) in [6.45, 7) is 3.73. The standard InChI is InChI=1S/C10H14Si/c1-2-8-11-9-10-6-4-3-5-7-10/h2-7H,1,8-9,11H2. The van der Waals surface area contributed by atoms with Gasteiger partial charge in [0.15, 0.2) is 0 Å². The fourth-order valence-corrected chi connectivity index (χ4v) is 2.33. The Balaban J connectivity index is 2.33. The maximum Gasteiger partial charge on any atom is 0.0288 e. The van der Waals surface area contributed by atoms with Crippen LogP contribution in [-0.2, 0) is 6.04 Å². The van der Waals surface area contributed by atoms with Gasteiger partial charge in [0.1, 0.15) is 0 Å². The molecule has 0 atom stereocenters. The smallest absolute Gasteiger partial charge is 0.0288 e. The van der Waals surface area contributed by atoms with E-state index >= 15 is 0 Å². The van der Waals surface area contributed by atoms with Gasteiger partial charge < -0.3 is 0 Å². The Labute approximate surface area is 70.8 Å². The van der Waals surface area contributed by atoms with Gasteiger partial charge in [0.2, 0.25) is 0 Å². The Morgan fingerprint density at radius 3 is 2.64 bits per heavy atom. The summed E-state index contributed by atoms with van der Waals surface area (Å²) < 4.78 is 0. The summed E-state index contributed by atoms with van der Waals surface area (Å²) in [5.41, 5.74) is 1.49. The monoisotopic (exact) mass is 162 g/mol. The van der Waals surface area contributed by atoms with E-state index in [1.807, 2.05) is 6.08 Å². The molecular formula is C10H14Si. The Morgan fingerprint density at radius 1 is 1.27 bits per heavy atom. The second-order valence-electron chi connectivity index (χ2n) is 2.67. The molecule has 0 aliphatic rings. The Kier molecular flexibility index (Phi) is 3.69. The molecule has 0 saturated heterocycles. The first-order valence-corrected chi connectivity index (χ1v) is 6.08. The van der Waals surface area contributed by atoms with Crippen LogP contribution in [0.5, 0.6) is 0 Å². The number of allylic oxidation sites excluding steroid dienone is 1. The molecule has 0 aromatic heterocycles. The van der Waals surface area contributed by atoms with Crippen molar-refractivity contribution in [2.75, 3.05) is 0 Å². The van der Waals surface area contributed by atoms with Gasteiger partial charge in [0.25, 0.3) is 0 Å². The maximum absolute atomic E-state index is 3.73. The first-order valence-electron chi connectivity index (χ1n) is 4.08. The Morgan fingerprint density at radius 2 is 2.00 bits per heavy atom. The zero-order chi connectivity index (χ0) is 7.94. The van der Waals surface area contributed by atoms with Gasteiger partial charge in [-0.3, -0.25) is 0 Å². The van der Waals surface area contributed by atoms with E-state index in [1.165, 1.54) is 17.7 Å². The highest BCUT2D eigenvalue weighted by atomic mass is 28.2. The first-order chi connectivity index (χ1) is 5.43. The molecule has 58 valence electrons. The zero-order valence-corrected chi connectivity index (χ0v) is 8.21. The molecular weight excluding hydrogens is 148 g/mol. The van der Waals surface area contributed by atoms with Crippen LogP contribution in [0.25, 0.3) is 0 Å². The van der Waals surface area contributed by atoms with Crippen molar-refractivity contribution in [2.24, 2.45) is 0 Å². The third-order valence-electron chi connectivity index (χ3n) is 1.72. The van der Waals surface area contributed by atoms with E-state index in [-0.39, 0.29) is 9.52 Å². The fraction of sp³-hybridized carbons (Fsp3) is 0.200. The van der Waals surface area contributed by atoms with Gasteiger partial charge in [-0.2, -0.15) is 0 Å².